The number of amides is 1. The Morgan fingerprint density at radius 2 is 2.03 bits per heavy atom. The number of nitrogens with zero attached hydrogens (tertiary/aromatic N) is 2. The third-order valence-corrected chi connectivity index (χ3v) is 6.23. The fourth-order valence-electron chi connectivity index (χ4n) is 3.49. The Balaban J connectivity index is 2.19. The lowest BCUT2D eigenvalue weighted by atomic mass is 9.89. The monoisotopic (exact) mass is 435 g/mol. The lowest BCUT2D eigenvalue weighted by Gasteiger charge is -2.17. The van der Waals surface area contributed by atoms with E-state index in [0.29, 0.717) is 5.92 Å². The number of carbonyl (C=O) groups excluding carboxylic acids is 1. The summed E-state index contributed by atoms with van der Waals surface area (Å²) in [6.45, 7) is 6.63. The van der Waals surface area contributed by atoms with Crippen molar-refractivity contribution in [2.75, 3.05) is 26.4 Å². The van der Waals surface area contributed by atoms with Crippen LogP contribution in [-0.4, -0.2) is 41.4 Å². The van der Waals surface area contributed by atoms with Crippen molar-refractivity contribution in [2.24, 2.45) is 9.50 Å². The Morgan fingerprint density at radius 3 is 2.57 bits per heavy atom. The maximum absolute atomic E-state index is 14.1. The van der Waals surface area contributed by atoms with Gasteiger partial charge in [0.2, 0.25) is 0 Å². The second-order valence-electron chi connectivity index (χ2n) is 8.51. The first-order chi connectivity index (χ1) is 14.0. The average molecular weight is 436 g/mol. The third kappa shape index (κ3) is 7.45. The lowest BCUT2D eigenvalue weighted by Crippen LogP contribution is -2.19. The topological polar surface area (TPSA) is 75.8 Å². The molecule has 0 spiro atoms. The standard InChI is InChI=1S/C23H34FN3O2S/c1-6-17(15-27(4)5)8-7-11-30(25,29)26-23(28)14-22-20(16(2)3)12-19(24)13-21(22)18-9-10-18/h6-8,12-13,16,18H,9-11,14-15H2,1-5H3,(H2,25,26,28,29)/b8-7-,17-6+. The highest BCUT2D eigenvalue weighted by Gasteiger charge is 2.29. The highest BCUT2D eigenvalue weighted by Crippen LogP contribution is 2.43. The van der Waals surface area contributed by atoms with E-state index in [1.165, 1.54) is 12.1 Å². The number of nitrogens with two attached hydrogens (primary N) is 1. The van der Waals surface area contributed by atoms with Crippen molar-refractivity contribution in [2.45, 2.75) is 51.9 Å². The molecule has 2 N–H and O–H groups in total. The number of hydrogen-bond acceptors (Lipinski definition) is 3. The molecule has 2 rings (SSSR count). The molecule has 1 atom stereocenters. The van der Waals surface area contributed by atoms with Crippen LogP contribution in [0.5, 0.6) is 0 Å². The van der Waals surface area contributed by atoms with E-state index in [4.69, 9.17) is 5.14 Å². The molecule has 7 heteroatoms. The van der Waals surface area contributed by atoms with Gasteiger partial charge in [-0.15, -0.1) is 4.36 Å². The van der Waals surface area contributed by atoms with Crippen molar-refractivity contribution < 1.29 is 13.4 Å². The van der Waals surface area contributed by atoms with Crippen LogP contribution >= 0.6 is 0 Å². The van der Waals surface area contributed by atoms with Crippen LogP contribution in [0.4, 0.5) is 4.39 Å². The molecule has 0 radical (unpaired) electrons. The molecular weight excluding hydrogens is 401 g/mol. The molecule has 5 nitrogen and oxygen atoms in total. The molecule has 166 valence electrons. The molecule has 0 aromatic heterocycles. The molecule has 1 amide bonds. The molecule has 1 aliphatic rings. The number of allylic oxidation sites excluding steroid dienone is 1. The predicted octanol–water partition coefficient (Wildman–Crippen LogP) is 4.30. The van der Waals surface area contributed by atoms with Gasteiger partial charge in [-0.1, -0.05) is 32.1 Å². The Labute approximate surface area is 180 Å². The second-order valence-corrected chi connectivity index (χ2v) is 10.4. The maximum atomic E-state index is 14.1. The van der Waals surface area contributed by atoms with Crippen molar-refractivity contribution in [3.8, 4) is 0 Å². The van der Waals surface area contributed by atoms with E-state index in [9.17, 15) is 13.4 Å². The Morgan fingerprint density at radius 1 is 1.37 bits per heavy atom. The first-order valence-corrected chi connectivity index (χ1v) is 12.1. The van der Waals surface area contributed by atoms with E-state index in [-0.39, 0.29) is 23.9 Å². The molecule has 30 heavy (non-hydrogen) atoms. The molecule has 0 heterocycles. The Hall–Kier alpha value is -1.83. The van der Waals surface area contributed by atoms with Gasteiger partial charge in [-0.3, -0.25) is 4.79 Å². The summed E-state index contributed by atoms with van der Waals surface area (Å²) in [5.74, 6) is -0.437. The van der Waals surface area contributed by atoms with Crippen molar-refractivity contribution >= 4 is 15.8 Å². The van der Waals surface area contributed by atoms with Gasteiger partial charge in [0.05, 0.1) is 12.2 Å². The highest BCUT2D eigenvalue weighted by molar-refractivity contribution is 7.91. The van der Waals surface area contributed by atoms with Gasteiger partial charge in [-0.05, 0) is 80.1 Å². The zero-order valence-corrected chi connectivity index (χ0v) is 19.5. The molecule has 1 fully saturated rings. The van der Waals surface area contributed by atoms with Crippen molar-refractivity contribution in [1.29, 1.82) is 0 Å². The van der Waals surface area contributed by atoms with E-state index < -0.39 is 15.8 Å². The minimum Gasteiger partial charge on any atom is -0.305 e. The van der Waals surface area contributed by atoms with Crippen LogP contribution in [0.2, 0.25) is 0 Å². The van der Waals surface area contributed by atoms with Crippen molar-refractivity contribution in [3.63, 3.8) is 0 Å². The first-order valence-electron chi connectivity index (χ1n) is 10.4. The van der Waals surface area contributed by atoms with Gasteiger partial charge in [-0.2, -0.15) is 0 Å². The molecule has 0 saturated heterocycles. The summed E-state index contributed by atoms with van der Waals surface area (Å²) in [4.78, 5) is 14.6. The summed E-state index contributed by atoms with van der Waals surface area (Å²) in [6.07, 6.45) is 7.52. The van der Waals surface area contributed by atoms with E-state index >= 15 is 0 Å². The molecule has 0 bridgehead atoms. The van der Waals surface area contributed by atoms with Gasteiger partial charge in [-0.25, -0.2) is 13.7 Å². The first kappa shape index (κ1) is 24.4. The van der Waals surface area contributed by atoms with E-state index in [1.807, 2.05) is 51.9 Å². The largest absolute Gasteiger partial charge is 0.305 e. The normalized spacial score (nSPS) is 17.0. The van der Waals surface area contributed by atoms with Gasteiger partial charge in [0.1, 0.15) is 15.7 Å². The molecular formula is C23H34FN3O2S. The lowest BCUT2D eigenvalue weighted by molar-refractivity contribution is -0.117. The van der Waals surface area contributed by atoms with Crippen LogP contribution < -0.4 is 5.14 Å². The molecule has 1 aromatic carbocycles. The number of likely N-dealkylation sites (N-methyl/N-ethyl adjacent to an activating group) is 1. The maximum Gasteiger partial charge on any atom is 0.259 e. The smallest absolute Gasteiger partial charge is 0.259 e. The zero-order chi connectivity index (χ0) is 22.5. The van der Waals surface area contributed by atoms with Gasteiger partial charge >= 0.3 is 0 Å². The quantitative estimate of drug-likeness (QED) is 0.588. The van der Waals surface area contributed by atoms with E-state index in [1.54, 1.807) is 6.08 Å². The number of hydrogen-bond donors (Lipinski definition) is 1. The SMILES string of the molecule is C/C=C(\C=C/CS(N)(=O)=NC(=O)Cc1c(C(C)C)cc(F)cc1C1CC1)CN(C)C. The zero-order valence-electron chi connectivity index (χ0n) is 18.7. The van der Waals surface area contributed by atoms with Crippen LogP contribution in [-0.2, 0) is 21.1 Å². The van der Waals surface area contributed by atoms with Crippen LogP contribution in [0.25, 0.3) is 0 Å². The molecule has 1 saturated carbocycles. The third-order valence-electron chi connectivity index (χ3n) is 5.04. The fraction of sp³-hybridized carbons (Fsp3) is 0.522. The van der Waals surface area contributed by atoms with Crippen molar-refractivity contribution in [1.82, 2.24) is 4.90 Å². The van der Waals surface area contributed by atoms with Crippen LogP contribution in [0, 0.1) is 5.82 Å². The van der Waals surface area contributed by atoms with Crippen LogP contribution in [0.1, 0.15) is 62.1 Å². The highest BCUT2D eigenvalue weighted by atomic mass is 32.2. The molecule has 1 aromatic rings. The minimum absolute atomic E-state index is 0.000549. The van der Waals surface area contributed by atoms with Gasteiger partial charge in [0, 0.05) is 6.54 Å². The number of benzene rings is 1. The Bertz CT molecular complexity index is 930. The van der Waals surface area contributed by atoms with Gasteiger partial charge in [0.15, 0.2) is 0 Å². The number of halogens is 1. The summed E-state index contributed by atoms with van der Waals surface area (Å²) in [5.41, 5.74) is 3.57. The Kier molecular flexibility index (Phi) is 8.52. The van der Waals surface area contributed by atoms with Gasteiger partial charge in [0.25, 0.3) is 5.91 Å². The second kappa shape index (κ2) is 10.5. The van der Waals surface area contributed by atoms with Gasteiger partial charge < -0.3 is 4.90 Å². The summed E-state index contributed by atoms with van der Waals surface area (Å²) in [7, 11) is 0.765. The molecule has 1 unspecified atom stereocenters. The van der Waals surface area contributed by atoms with Crippen LogP contribution in [0.3, 0.4) is 0 Å². The summed E-state index contributed by atoms with van der Waals surface area (Å²) >= 11 is 0. The number of carbonyl (C=O) groups is 1. The minimum atomic E-state index is -3.17. The summed E-state index contributed by atoms with van der Waals surface area (Å²) in [6, 6.07) is 3.02. The summed E-state index contributed by atoms with van der Waals surface area (Å²) < 4.78 is 30.5. The average Bonchev–Trinajstić information content (AvgIpc) is 3.45. The summed E-state index contributed by atoms with van der Waals surface area (Å²) in [5, 5.41) is 5.83. The van der Waals surface area contributed by atoms with E-state index in [0.717, 1.165) is 41.6 Å². The van der Waals surface area contributed by atoms with E-state index in [2.05, 4.69) is 4.36 Å². The van der Waals surface area contributed by atoms with Crippen LogP contribution in [0.15, 0.2) is 40.3 Å². The fourth-order valence-corrected chi connectivity index (χ4v) is 4.35. The number of rotatable bonds is 9. The molecule has 1 aliphatic carbocycles. The van der Waals surface area contributed by atoms with Crippen molar-refractivity contribution in [3.05, 3.63) is 58.4 Å². The predicted molar refractivity (Wildman–Crippen MR) is 122 cm³/mol. The molecule has 0 aliphatic heterocycles.